The van der Waals surface area contributed by atoms with Crippen molar-refractivity contribution >= 4 is 9.84 Å². The molecule has 1 unspecified atom stereocenters. The highest BCUT2D eigenvalue weighted by Crippen LogP contribution is 2.42. The summed E-state index contributed by atoms with van der Waals surface area (Å²) in [4.78, 5) is 2.24. The van der Waals surface area contributed by atoms with Crippen LogP contribution in [0.1, 0.15) is 19.8 Å². The molecule has 2 saturated heterocycles. The zero-order chi connectivity index (χ0) is 16.7. The molecule has 2 fully saturated rings. The minimum absolute atomic E-state index is 0.000482. The second-order valence-corrected chi connectivity index (χ2v) is 8.90. The summed E-state index contributed by atoms with van der Waals surface area (Å²) in [5.74, 6) is -0.832. The molecular weight excluding hydrogens is 324 g/mol. The smallest absolute Gasteiger partial charge is 0.162 e. The van der Waals surface area contributed by atoms with Crippen LogP contribution in [0.5, 0.6) is 5.75 Å². The van der Waals surface area contributed by atoms with Crippen LogP contribution < -0.4 is 4.74 Å². The lowest BCUT2D eigenvalue weighted by Gasteiger charge is -2.47. The number of hydrogen-bond donors (Lipinski definition) is 0. The minimum Gasteiger partial charge on any atom is -0.489 e. The van der Waals surface area contributed by atoms with Gasteiger partial charge in [0.25, 0.3) is 0 Å². The van der Waals surface area contributed by atoms with E-state index in [1.54, 1.807) is 0 Å². The predicted octanol–water partition coefficient (Wildman–Crippen LogP) is 2.24. The van der Waals surface area contributed by atoms with E-state index in [0.29, 0.717) is 23.8 Å². The molecule has 1 spiro atoms. The molecule has 2 aliphatic heterocycles. The fourth-order valence-electron chi connectivity index (χ4n) is 3.57. The lowest BCUT2D eigenvalue weighted by atomic mass is 9.81. The molecule has 0 radical (unpaired) electrons. The predicted molar refractivity (Wildman–Crippen MR) is 83.2 cm³/mol. The summed E-state index contributed by atoms with van der Waals surface area (Å²) in [6, 6.07) is 3.52. The van der Waals surface area contributed by atoms with Crippen LogP contribution in [0, 0.1) is 17.0 Å². The quantitative estimate of drug-likeness (QED) is 0.840. The van der Waals surface area contributed by atoms with Gasteiger partial charge < -0.3 is 4.74 Å². The number of rotatable bonds is 4. The van der Waals surface area contributed by atoms with E-state index in [9.17, 15) is 17.2 Å². The number of hydrogen-bond acceptors (Lipinski definition) is 4. The van der Waals surface area contributed by atoms with Crippen molar-refractivity contribution in [3.8, 4) is 5.75 Å². The first-order valence-corrected chi connectivity index (χ1v) is 9.64. The molecule has 1 aromatic rings. The first-order valence-electron chi connectivity index (χ1n) is 7.82. The van der Waals surface area contributed by atoms with Gasteiger partial charge in [0.1, 0.15) is 11.9 Å². The van der Waals surface area contributed by atoms with E-state index < -0.39 is 21.5 Å². The average molecular weight is 345 g/mol. The van der Waals surface area contributed by atoms with Crippen molar-refractivity contribution in [1.29, 1.82) is 0 Å². The van der Waals surface area contributed by atoms with Crippen molar-refractivity contribution in [1.82, 2.24) is 4.90 Å². The number of nitrogens with zero attached hydrogens (tertiary/aromatic N) is 1. The normalized spacial score (nSPS) is 24.1. The van der Waals surface area contributed by atoms with Crippen molar-refractivity contribution < 1.29 is 21.9 Å². The first-order chi connectivity index (χ1) is 10.8. The van der Waals surface area contributed by atoms with Gasteiger partial charge in [-0.1, -0.05) is 0 Å². The molecule has 3 rings (SSSR count). The Kier molecular flexibility index (Phi) is 4.35. The van der Waals surface area contributed by atoms with Gasteiger partial charge >= 0.3 is 0 Å². The minimum atomic E-state index is -2.79. The second kappa shape index (κ2) is 6.02. The van der Waals surface area contributed by atoms with E-state index in [1.807, 2.05) is 6.92 Å². The van der Waals surface area contributed by atoms with Crippen LogP contribution in [0.4, 0.5) is 8.78 Å². The summed E-state index contributed by atoms with van der Waals surface area (Å²) >= 11 is 0. The Labute approximate surface area is 135 Å². The van der Waals surface area contributed by atoms with Gasteiger partial charge in [0.15, 0.2) is 21.5 Å². The highest BCUT2D eigenvalue weighted by atomic mass is 32.2. The standard InChI is InChI=1S/C16H21F2NO3S/c1-12(22-13-2-3-14(17)15(18)8-13)9-19-6-4-16(5-7-19)10-23(20,21)11-16/h2-3,8,12H,4-7,9-11H2,1H3. The number of sulfone groups is 1. The molecule has 1 atom stereocenters. The number of halogens is 2. The zero-order valence-electron chi connectivity index (χ0n) is 13.1. The summed E-state index contributed by atoms with van der Waals surface area (Å²) in [6.45, 7) is 4.27. The van der Waals surface area contributed by atoms with Crippen LogP contribution in [0.25, 0.3) is 0 Å². The van der Waals surface area contributed by atoms with Crippen LogP contribution in [0.2, 0.25) is 0 Å². The van der Waals surface area contributed by atoms with Crippen LogP contribution in [-0.2, 0) is 9.84 Å². The number of ether oxygens (including phenoxy) is 1. The summed E-state index contributed by atoms with van der Waals surface area (Å²) in [5.41, 5.74) is -0.000482. The average Bonchev–Trinajstić information content (AvgIpc) is 2.43. The number of piperidine rings is 1. The van der Waals surface area contributed by atoms with Gasteiger partial charge in [-0.15, -0.1) is 0 Å². The van der Waals surface area contributed by atoms with E-state index >= 15 is 0 Å². The molecule has 0 bridgehead atoms. The monoisotopic (exact) mass is 345 g/mol. The van der Waals surface area contributed by atoms with Gasteiger partial charge in [-0.2, -0.15) is 0 Å². The van der Waals surface area contributed by atoms with E-state index in [0.717, 1.165) is 38.1 Å². The molecule has 7 heteroatoms. The molecular formula is C16H21F2NO3S. The van der Waals surface area contributed by atoms with Gasteiger partial charge in [-0.3, -0.25) is 4.90 Å². The Morgan fingerprint density at radius 3 is 2.43 bits per heavy atom. The van der Waals surface area contributed by atoms with E-state index in [1.165, 1.54) is 6.07 Å². The molecule has 2 heterocycles. The van der Waals surface area contributed by atoms with Gasteiger partial charge in [-0.25, -0.2) is 17.2 Å². The Balaban J connectivity index is 1.48. The molecule has 0 aromatic heterocycles. The molecule has 0 aliphatic carbocycles. The van der Waals surface area contributed by atoms with E-state index in [-0.39, 0.29) is 11.5 Å². The second-order valence-electron chi connectivity index (χ2n) is 6.84. The first kappa shape index (κ1) is 16.6. The lowest BCUT2D eigenvalue weighted by molar-refractivity contribution is 0.0847. The molecule has 128 valence electrons. The van der Waals surface area contributed by atoms with Crippen molar-refractivity contribution in [3.05, 3.63) is 29.8 Å². The van der Waals surface area contributed by atoms with Crippen LogP contribution in [0.3, 0.4) is 0 Å². The van der Waals surface area contributed by atoms with Gasteiger partial charge in [0.05, 0.1) is 11.5 Å². The molecule has 23 heavy (non-hydrogen) atoms. The number of benzene rings is 1. The third-order valence-corrected chi connectivity index (χ3v) is 6.82. The Bertz CT molecular complexity index is 671. The maximum Gasteiger partial charge on any atom is 0.162 e. The molecule has 0 amide bonds. The number of likely N-dealkylation sites (tertiary alicyclic amines) is 1. The van der Waals surface area contributed by atoms with Crippen molar-refractivity contribution in [2.45, 2.75) is 25.9 Å². The summed E-state index contributed by atoms with van der Waals surface area (Å²) in [5, 5.41) is 0. The van der Waals surface area contributed by atoms with Gasteiger partial charge in [-0.05, 0) is 45.0 Å². The third-order valence-electron chi connectivity index (χ3n) is 4.71. The molecule has 4 nitrogen and oxygen atoms in total. The van der Waals surface area contributed by atoms with E-state index in [4.69, 9.17) is 4.74 Å². The zero-order valence-corrected chi connectivity index (χ0v) is 13.9. The Morgan fingerprint density at radius 1 is 1.22 bits per heavy atom. The van der Waals surface area contributed by atoms with Crippen LogP contribution >= 0.6 is 0 Å². The van der Waals surface area contributed by atoms with Crippen LogP contribution in [-0.4, -0.2) is 50.6 Å². The molecule has 2 aliphatic rings. The molecule has 0 N–H and O–H groups in total. The highest BCUT2D eigenvalue weighted by molar-refractivity contribution is 7.92. The van der Waals surface area contributed by atoms with Crippen molar-refractivity contribution in [2.75, 3.05) is 31.1 Å². The Hall–Kier alpha value is -1.21. The third kappa shape index (κ3) is 3.83. The molecule has 0 saturated carbocycles. The van der Waals surface area contributed by atoms with Gasteiger partial charge in [0.2, 0.25) is 0 Å². The van der Waals surface area contributed by atoms with Gasteiger partial charge in [0, 0.05) is 18.0 Å². The highest BCUT2D eigenvalue weighted by Gasteiger charge is 2.49. The largest absolute Gasteiger partial charge is 0.489 e. The molecule has 1 aromatic carbocycles. The van der Waals surface area contributed by atoms with Crippen molar-refractivity contribution in [2.24, 2.45) is 5.41 Å². The van der Waals surface area contributed by atoms with Crippen molar-refractivity contribution in [3.63, 3.8) is 0 Å². The maximum atomic E-state index is 13.2. The SMILES string of the molecule is CC(CN1CCC2(CC1)CS(=O)(=O)C2)Oc1ccc(F)c(F)c1. The summed E-state index contributed by atoms with van der Waals surface area (Å²) in [7, 11) is -2.79. The topological polar surface area (TPSA) is 46.6 Å². The fourth-order valence-corrected chi connectivity index (χ4v) is 5.93. The summed E-state index contributed by atoms with van der Waals surface area (Å²) < 4.78 is 54.5. The Morgan fingerprint density at radius 2 is 1.87 bits per heavy atom. The lowest BCUT2D eigenvalue weighted by Crippen LogP contribution is -2.55. The maximum absolute atomic E-state index is 13.2. The van der Waals surface area contributed by atoms with E-state index in [2.05, 4.69) is 4.90 Å². The van der Waals surface area contributed by atoms with Crippen LogP contribution in [0.15, 0.2) is 18.2 Å². The fraction of sp³-hybridized carbons (Fsp3) is 0.625. The summed E-state index contributed by atoms with van der Waals surface area (Å²) in [6.07, 6.45) is 1.63.